The molecule has 0 aromatic heterocycles. The van der Waals surface area contributed by atoms with E-state index in [0.29, 0.717) is 13.0 Å². The third-order valence-corrected chi connectivity index (χ3v) is 5.47. The van der Waals surface area contributed by atoms with Crippen LogP contribution in [-0.2, 0) is 9.53 Å². The number of hydrogen-bond acceptors (Lipinski definition) is 5. The molecule has 0 aromatic carbocycles. The summed E-state index contributed by atoms with van der Waals surface area (Å²) in [5, 5.41) is 3.12. The summed E-state index contributed by atoms with van der Waals surface area (Å²) in [4.78, 5) is 31.3. The number of piperidine rings is 1. The lowest BCUT2D eigenvalue weighted by atomic mass is 9.86. The van der Waals surface area contributed by atoms with E-state index >= 15 is 0 Å². The molecule has 1 aliphatic rings. The average molecular weight is 385 g/mol. The second-order valence-electron chi connectivity index (χ2n) is 9.04. The van der Waals surface area contributed by atoms with Gasteiger partial charge >= 0.3 is 6.09 Å². The lowest BCUT2D eigenvalue weighted by Crippen LogP contribution is -2.59. The molecule has 0 bridgehead atoms. The van der Waals surface area contributed by atoms with Gasteiger partial charge in [0.2, 0.25) is 5.91 Å². The second-order valence-corrected chi connectivity index (χ2v) is 9.04. The fraction of sp³-hybridized carbons (Fsp3) is 0.900. The van der Waals surface area contributed by atoms with Gasteiger partial charge in [-0.15, -0.1) is 0 Å². The van der Waals surface area contributed by atoms with Crippen LogP contribution in [0.3, 0.4) is 0 Å². The number of amides is 2. The molecule has 1 fully saturated rings. The molecule has 0 aromatic rings. The Labute approximate surface area is 165 Å². The van der Waals surface area contributed by atoms with Crippen LogP contribution in [0.25, 0.3) is 0 Å². The first-order valence-corrected chi connectivity index (χ1v) is 10.0. The number of ether oxygens (including phenoxy) is 1. The van der Waals surface area contributed by atoms with Gasteiger partial charge in [0.25, 0.3) is 0 Å². The molecule has 0 unspecified atom stereocenters. The standard InChI is InChI=1S/C20H40N4O3/c1-9-10-16(24(8)18(26)27-19(2,3)4)17(25)21-15-20(22(5)6)11-13-23(7)14-12-20/h16H,9-15H2,1-8H3,(H,21,25)/t16-/m0/s1. The molecule has 1 atom stereocenters. The first-order chi connectivity index (χ1) is 12.4. The Bertz CT molecular complexity index is 494. The fourth-order valence-corrected chi connectivity index (χ4v) is 3.42. The zero-order valence-corrected chi connectivity index (χ0v) is 18.6. The van der Waals surface area contributed by atoms with Crippen LogP contribution in [0, 0.1) is 0 Å². The van der Waals surface area contributed by atoms with Gasteiger partial charge in [0.05, 0.1) is 0 Å². The molecule has 0 aliphatic carbocycles. The van der Waals surface area contributed by atoms with Gasteiger partial charge in [-0.2, -0.15) is 0 Å². The minimum atomic E-state index is -0.582. The first-order valence-electron chi connectivity index (χ1n) is 10.0. The van der Waals surface area contributed by atoms with Crippen molar-refractivity contribution in [2.24, 2.45) is 0 Å². The zero-order chi connectivity index (χ0) is 20.8. The molecule has 0 spiro atoms. The predicted molar refractivity (Wildman–Crippen MR) is 109 cm³/mol. The van der Waals surface area contributed by atoms with Crippen LogP contribution in [0.1, 0.15) is 53.4 Å². The van der Waals surface area contributed by atoms with E-state index in [4.69, 9.17) is 4.74 Å². The molecule has 0 radical (unpaired) electrons. The van der Waals surface area contributed by atoms with E-state index in [-0.39, 0.29) is 11.4 Å². The first kappa shape index (κ1) is 23.7. The molecular formula is C20H40N4O3. The van der Waals surface area contributed by atoms with Crippen molar-refractivity contribution in [1.29, 1.82) is 0 Å². The molecule has 7 heteroatoms. The quantitative estimate of drug-likeness (QED) is 0.729. The third kappa shape index (κ3) is 6.96. The van der Waals surface area contributed by atoms with E-state index in [1.54, 1.807) is 7.05 Å². The number of carbonyl (C=O) groups is 2. The van der Waals surface area contributed by atoms with Crippen molar-refractivity contribution in [2.75, 3.05) is 47.8 Å². The van der Waals surface area contributed by atoms with Crippen molar-refractivity contribution in [3.05, 3.63) is 0 Å². The molecule has 1 saturated heterocycles. The monoisotopic (exact) mass is 384 g/mol. The van der Waals surface area contributed by atoms with Crippen molar-refractivity contribution in [1.82, 2.24) is 20.0 Å². The maximum Gasteiger partial charge on any atom is 0.410 e. The lowest BCUT2D eigenvalue weighted by molar-refractivity contribution is -0.127. The second kappa shape index (κ2) is 9.73. The summed E-state index contributed by atoms with van der Waals surface area (Å²) in [7, 11) is 7.93. The Kier molecular flexibility index (Phi) is 8.54. The Morgan fingerprint density at radius 2 is 1.74 bits per heavy atom. The Hall–Kier alpha value is -1.34. The minimum absolute atomic E-state index is 0.0383. The Morgan fingerprint density at radius 1 is 1.19 bits per heavy atom. The maximum atomic E-state index is 12.9. The van der Waals surface area contributed by atoms with E-state index in [1.807, 2.05) is 27.7 Å². The summed E-state index contributed by atoms with van der Waals surface area (Å²) in [5.74, 6) is -0.106. The zero-order valence-electron chi connectivity index (χ0n) is 18.6. The summed E-state index contributed by atoms with van der Waals surface area (Å²) >= 11 is 0. The van der Waals surface area contributed by atoms with Crippen LogP contribution in [0.4, 0.5) is 4.79 Å². The number of likely N-dealkylation sites (tertiary alicyclic amines) is 1. The van der Waals surface area contributed by atoms with Gasteiger partial charge in [-0.25, -0.2) is 4.79 Å². The molecular weight excluding hydrogens is 344 g/mol. The van der Waals surface area contributed by atoms with E-state index in [0.717, 1.165) is 32.4 Å². The van der Waals surface area contributed by atoms with Gasteiger partial charge in [0.1, 0.15) is 11.6 Å². The Balaban J connectivity index is 2.78. The summed E-state index contributed by atoms with van der Waals surface area (Å²) in [6, 6.07) is -0.518. The van der Waals surface area contributed by atoms with Crippen LogP contribution in [0.15, 0.2) is 0 Å². The summed E-state index contributed by atoms with van der Waals surface area (Å²) < 4.78 is 5.43. The molecule has 1 aliphatic heterocycles. The molecule has 0 saturated carbocycles. The number of likely N-dealkylation sites (N-methyl/N-ethyl adjacent to an activating group) is 2. The van der Waals surface area contributed by atoms with Crippen LogP contribution in [0.5, 0.6) is 0 Å². The van der Waals surface area contributed by atoms with Crippen LogP contribution >= 0.6 is 0 Å². The number of hydrogen-bond donors (Lipinski definition) is 1. The van der Waals surface area contributed by atoms with Gasteiger partial charge in [0.15, 0.2) is 0 Å². The Morgan fingerprint density at radius 3 is 2.19 bits per heavy atom. The van der Waals surface area contributed by atoms with E-state index in [9.17, 15) is 9.59 Å². The summed E-state index contributed by atoms with van der Waals surface area (Å²) in [5.41, 5.74) is -0.620. The van der Waals surface area contributed by atoms with Gasteiger partial charge in [0, 0.05) is 19.1 Å². The fourth-order valence-electron chi connectivity index (χ4n) is 3.42. The minimum Gasteiger partial charge on any atom is -0.444 e. The number of nitrogens with zero attached hydrogens (tertiary/aromatic N) is 3. The molecule has 1 rings (SSSR count). The highest BCUT2D eigenvalue weighted by atomic mass is 16.6. The topological polar surface area (TPSA) is 65.1 Å². The van der Waals surface area contributed by atoms with Crippen molar-refractivity contribution < 1.29 is 14.3 Å². The van der Waals surface area contributed by atoms with E-state index in [1.165, 1.54) is 4.90 Å². The highest BCUT2D eigenvalue weighted by molar-refractivity contribution is 5.85. The van der Waals surface area contributed by atoms with Crippen LogP contribution in [0.2, 0.25) is 0 Å². The molecule has 1 heterocycles. The third-order valence-electron chi connectivity index (χ3n) is 5.47. The number of nitrogens with one attached hydrogen (secondary N) is 1. The highest BCUT2D eigenvalue weighted by Crippen LogP contribution is 2.26. The van der Waals surface area contributed by atoms with E-state index in [2.05, 4.69) is 36.3 Å². The van der Waals surface area contributed by atoms with E-state index < -0.39 is 17.7 Å². The van der Waals surface area contributed by atoms with Crippen molar-refractivity contribution in [2.45, 2.75) is 70.6 Å². The number of carbonyl (C=O) groups excluding carboxylic acids is 2. The largest absolute Gasteiger partial charge is 0.444 e. The van der Waals surface area contributed by atoms with Crippen LogP contribution < -0.4 is 5.32 Å². The molecule has 27 heavy (non-hydrogen) atoms. The summed E-state index contributed by atoms with van der Waals surface area (Å²) in [6.07, 6.45) is 2.99. The van der Waals surface area contributed by atoms with Gasteiger partial charge in [-0.05, 0) is 74.3 Å². The normalized spacial score (nSPS) is 18.9. The SMILES string of the molecule is CCC[C@@H](C(=O)NCC1(N(C)C)CCN(C)CC1)N(C)C(=O)OC(C)(C)C. The number of rotatable bonds is 7. The van der Waals surface area contributed by atoms with Crippen molar-refractivity contribution in [3.63, 3.8) is 0 Å². The highest BCUT2D eigenvalue weighted by Gasteiger charge is 2.37. The summed E-state index contributed by atoms with van der Waals surface area (Å²) in [6.45, 7) is 10.1. The average Bonchev–Trinajstić information content (AvgIpc) is 2.56. The van der Waals surface area contributed by atoms with Crippen LogP contribution in [-0.4, -0.2) is 91.7 Å². The van der Waals surface area contributed by atoms with Crippen molar-refractivity contribution >= 4 is 12.0 Å². The molecule has 7 nitrogen and oxygen atoms in total. The van der Waals surface area contributed by atoms with Gasteiger partial charge in [-0.3, -0.25) is 9.69 Å². The maximum absolute atomic E-state index is 12.9. The molecule has 158 valence electrons. The smallest absolute Gasteiger partial charge is 0.410 e. The predicted octanol–water partition coefficient (Wildman–Crippen LogP) is 2.16. The van der Waals surface area contributed by atoms with Crippen molar-refractivity contribution in [3.8, 4) is 0 Å². The molecule has 2 amide bonds. The lowest BCUT2D eigenvalue weighted by Gasteiger charge is -2.45. The van der Waals surface area contributed by atoms with Gasteiger partial charge in [-0.1, -0.05) is 13.3 Å². The van der Waals surface area contributed by atoms with Gasteiger partial charge < -0.3 is 19.9 Å². The molecule has 1 N–H and O–H groups in total.